The Morgan fingerprint density at radius 1 is 1.17 bits per heavy atom. The minimum Gasteiger partial charge on any atom is -0.483 e. The molecule has 0 aliphatic carbocycles. The molecule has 3 aromatic rings. The topological polar surface area (TPSA) is 81.8 Å². The predicted octanol–water partition coefficient (Wildman–Crippen LogP) is 2.36. The molecule has 2 aliphatic rings. The normalized spacial score (nSPS) is 20.9. The average molecular weight is 391 g/mol. The van der Waals surface area contributed by atoms with Crippen LogP contribution in [0.25, 0.3) is 11.7 Å². The molecule has 1 atom stereocenters. The Bertz CT molecular complexity index is 1080. The van der Waals surface area contributed by atoms with E-state index in [1.807, 2.05) is 29.2 Å². The molecule has 1 spiro atoms. The minimum absolute atomic E-state index is 0.0482. The van der Waals surface area contributed by atoms with Crippen molar-refractivity contribution in [2.24, 2.45) is 0 Å². The number of nitrogens with zero attached hydrogens (tertiary/aromatic N) is 5. The molecule has 0 radical (unpaired) electrons. The van der Waals surface area contributed by atoms with Crippen molar-refractivity contribution < 1.29 is 14.3 Å². The second-order valence-electron chi connectivity index (χ2n) is 7.37. The summed E-state index contributed by atoms with van der Waals surface area (Å²) in [6, 6.07) is 11.5. The number of rotatable bonds is 3. The van der Waals surface area contributed by atoms with E-state index in [0.29, 0.717) is 24.6 Å². The van der Waals surface area contributed by atoms with Crippen LogP contribution in [-0.4, -0.2) is 55.9 Å². The second kappa shape index (κ2) is 7.20. The zero-order valence-corrected chi connectivity index (χ0v) is 15.9. The number of carbonyl (C=O) groups excluding carboxylic acids is 1. The molecular formula is C21H21N5O3. The van der Waals surface area contributed by atoms with Gasteiger partial charge in [0.1, 0.15) is 17.7 Å². The van der Waals surface area contributed by atoms with E-state index in [2.05, 4.69) is 27.4 Å². The fourth-order valence-corrected chi connectivity index (χ4v) is 3.87. The average Bonchev–Trinajstić information content (AvgIpc) is 3.13. The fraction of sp³-hybridized carbons (Fsp3) is 0.333. The van der Waals surface area contributed by atoms with Gasteiger partial charge in [0, 0.05) is 31.1 Å². The second-order valence-corrected chi connectivity index (χ2v) is 7.37. The highest BCUT2D eigenvalue weighted by molar-refractivity contribution is 5.77. The highest BCUT2D eigenvalue weighted by Gasteiger charge is 2.35. The molecule has 148 valence electrons. The Labute approximate surface area is 167 Å². The lowest BCUT2D eigenvalue weighted by Gasteiger charge is -2.34. The number of benzene rings is 1. The van der Waals surface area contributed by atoms with Crippen LogP contribution in [0.5, 0.6) is 11.6 Å². The maximum absolute atomic E-state index is 12.7. The summed E-state index contributed by atoms with van der Waals surface area (Å²) in [4.78, 5) is 14.5. The number of carbonyl (C=O) groups is 1. The van der Waals surface area contributed by atoms with Crippen LogP contribution in [0, 0.1) is 0 Å². The third kappa shape index (κ3) is 3.53. The minimum atomic E-state index is -0.342. The van der Waals surface area contributed by atoms with Gasteiger partial charge in [-0.15, -0.1) is 15.3 Å². The standard InChI is InChI=1S/C21H21N5O3/c27-20(14-28-19-7-6-18-23-22-15-26(18)24-19)25-12-3-9-21(11-13-25)10-8-16-4-1-2-5-17(16)29-21/h1-2,4-8,10,15H,3,9,11-14H2/t21-/m0/s1. The Balaban J connectivity index is 1.21. The van der Waals surface area contributed by atoms with E-state index < -0.39 is 0 Å². The van der Waals surface area contributed by atoms with E-state index in [-0.39, 0.29) is 18.1 Å². The van der Waals surface area contributed by atoms with Gasteiger partial charge in [0.25, 0.3) is 5.91 Å². The molecule has 0 bridgehead atoms. The van der Waals surface area contributed by atoms with Gasteiger partial charge in [-0.25, -0.2) is 0 Å². The zero-order valence-electron chi connectivity index (χ0n) is 15.9. The van der Waals surface area contributed by atoms with Crippen molar-refractivity contribution in [2.45, 2.75) is 24.9 Å². The SMILES string of the molecule is O=C(COc1ccc2nncn2n1)N1CCC[C@]2(C=Cc3ccccc3O2)CC1. The van der Waals surface area contributed by atoms with Gasteiger partial charge in [-0.3, -0.25) is 4.79 Å². The van der Waals surface area contributed by atoms with Crippen LogP contribution in [0.15, 0.2) is 48.8 Å². The Kier molecular flexibility index (Phi) is 4.38. The molecule has 1 fully saturated rings. The summed E-state index contributed by atoms with van der Waals surface area (Å²) in [5, 5.41) is 11.9. The van der Waals surface area contributed by atoms with Gasteiger partial charge in [-0.2, -0.15) is 4.52 Å². The van der Waals surface area contributed by atoms with Gasteiger partial charge < -0.3 is 14.4 Å². The van der Waals surface area contributed by atoms with Crippen LogP contribution in [0.3, 0.4) is 0 Å². The van der Waals surface area contributed by atoms with E-state index in [1.165, 1.54) is 10.8 Å². The summed E-state index contributed by atoms with van der Waals surface area (Å²) >= 11 is 0. The summed E-state index contributed by atoms with van der Waals surface area (Å²) in [6.07, 6.45) is 8.30. The van der Waals surface area contributed by atoms with E-state index >= 15 is 0 Å². The Morgan fingerprint density at radius 2 is 2.10 bits per heavy atom. The van der Waals surface area contributed by atoms with Gasteiger partial charge >= 0.3 is 0 Å². The maximum Gasteiger partial charge on any atom is 0.260 e. The van der Waals surface area contributed by atoms with Crippen molar-refractivity contribution in [1.82, 2.24) is 24.7 Å². The zero-order chi connectivity index (χ0) is 19.7. The van der Waals surface area contributed by atoms with Gasteiger partial charge in [0.2, 0.25) is 5.88 Å². The number of likely N-dealkylation sites (tertiary alicyclic amines) is 1. The molecule has 8 nitrogen and oxygen atoms in total. The summed E-state index contributed by atoms with van der Waals surface area (Å²) in [6.45, 7) is 1.28. The van der Waals surface area contributed by atoms with Gasteiger partial charge in [-0.05, 0) is 31.1 Å². The van der Waals surface area contributed by atoms with Crippen LogP contribution in [0.2, 0.25) is 0 Å². The number of aromatic nitrogens is 4. The highest BCUT2D eigenvalue weighted by atomic mass is 16.5. The molecule has 5 rings (SSSR count). The molecule has 29 heavy (non-hydrogen) atoms. The van der Waals surface area contributed by atoms with E-state index in [0.717, 1.165) is 30.6 Å². The molecule has 0 unspecified atom stereocenters. The molecule has 1 amide bonds. The first kappa shape index (κ1) is 17.7. The van der Waals surface area contributed by atoms with Crippen molar-refractivity contribution >= 4 is 17.6 Å². The smallest absolute Gasteiger partial charge is 0.260 e. The molecule has 4 heterocycles. The largest absolute Gasteiger partial charge is 0.483 e. The van der Waals surface area contributed by atoms with Crippen LogP contribution in [0.1, 0.15) is 24.8 Å². The van der Waals surface area contributed by atoms with Crippen molar-refractivity contribution in [1.29, 1.82) is 0 Å². The lowest BCUT2D eigenvalue weighted by molar-refractivity contribution is -0.133. The quantitative estimate of drug-likeness (QED) is 0.682. The number of fused-ring (bicyclic) bond motifs is 2. The third-order valence-corrected chi connectivity index (χ3v) is 5.47. The van der Waals surface area contributed by atoms with E-state index in [4.69, 9.17) is 9.47 Å². The number of para-hydroxylation sites is 1. The van der Waals surface area contributed by atoms with Crippen molar-refractivity contribution in [2.75, 3.05) is 19.7 Å². The van der Waals surface area contributed by atoms with E-state index in [9.17, 15) is 4.79 Å². The Morgan fingerprint density at radius 3 is 3.07 bits per heavy atom. The molecule has 1 aromatic carbocycles. The first-order chi connectivity index (χ1) is 14.2. The first-order valence-electron chi connectivity index (χ1n) is 9.76. The highest BCUT2D eigenvalue weighted by Crippen LogP contribution is 2.36. The monoisotopic (exact) mass is 391 g/mol. The summed E-state index contributed by atoms with van der Waals surface area (Å²) in [7, 11) is 0. The number of ether oxygens (including phenoxy) is 2. The van der Waals surface area contributed by atoms with Crippen molar-refractivity contribution in [3.05, 3.63) is 54.4 Å². The van der Waals surface area contributed by atoms with Gasteiger partial charge in [0.05, 0.1) is 0 Å². The molecule has 8 heteroatoms. The van der Waals surface area contributed by atoms with Gasteiger partial charge in [0.15, 0.2) is 12.3 Å². The first-order valence-corrected chi connectivity index (χ1v) is 9.76. The van der Waals surface area contributed by atoms with Crippen LogP contribution in [0.4, 0.5) is 0 Å². The lowest BCUT2D eigenvalue weighted by atomic mass is 9.91. The predicted molar refractivity (Wildman–Crippen MR) is 106 cm³/mol. The number of hydrogen-bond donors (Lipinski definition) is 0. The molecule has 2 aromatic heterocycles. The summed E-state index contributed by atoms with van der Waals surface area (Å²) in [5.74, 6) is 1.23. The molecule has 2 aliphatic heterocycles. The fourth-order valence-electron chi connectivity index (χ4n) is 3.87. The number of hydrogen-bond acceptors (Lipinski definition) is 6. The Hall–Kier alpha value is -3.42. The van der Waals surface area contributed by atoms with E-state index in [1.54, 1.807) is 12.1 Å². The van der Waals surface area contributed by atoms with Crippen LogP contribution < -0.4 is 9.47 Å². The molecule has 1 saturated heterocycles. The van der Waals surface area contributed by atoms with Crippen LogP contribution in [-0.2, 0) is 4.79 Å². The maximum atomic E-state index is 12.7. The van der Waals surface area contributed by atoms with Gasteiger partial charge in [-0.1, -0.05) is 24.3 Å². The third-order valence-electron chi connectivity index (χ3n) is 5.47. The molecule has 0 saturated carbocycles. The molecular weight excluding hydrogens is 370 g/mol. The summed E-state index contributed by atoms with van der Waals surface area (Å²) < 4.78 is 13.5. The number of amides is 1. The molecule has 0 N–H and O–H groups in total. The lowest BCUT2D eigenvalue weighted by Crippen LogP contribution is -2.39. The van der Waals surface area contributed by atoms with Crippen molar-refractivity contribution in [3.63, 3.8) is 0 Å². The summed E-state index contributed by atoms with van der Waals surface area (Å²) in [5.41, 5.74) is 1.38. The van der Waals surface area contributed by atoms with Crippen LogP contribution >= 0.6 is 0 Å². The van der Waals surface area contributed by atoms with Crippen molar-refractivity contribution in [3.8, 4) is 11.6 Å².